The topological polar surface area (TPSA) is 82.5 Å². The van der Waals surface area contributed by atoms with Crippen LogP contribution in [0.4, 0.5) is 4.39 Å². The molecule has 5 rings (SSSR count). The second-order valence-corrected chi connectivity index (χ2v) is 8.85. The van der Waals surface area contributed by atoms with Gasteiger partial charge in [0.05, 0.1) is 11.4 Å². The lowest BCUT2D eigenvalue weighted by Gasteiger charge is -2.11. The predicted molar refractivity (Wildman–Crippen MR) is 128 cm³/mol. The third-order valence-electron chi connectivity index (χ3n) is 5.54. The Bertz CT molecular complexity index is 1460. The standard InChI is InChI=1S/C25H21FN6OS/c1-15-5-7-20(12-17(15)3)32-24(18-8-10-27-11-9-18)29-30-25(32)34-14-22-28-23(31-33-22)19-6-4-16(2)21(26)13-19/h4-13H,14H2,1-3H3. The molecule has 34 heavy (non-hydrogen) atoms. The number of rotatable bonds is 6. The van der Waals surface area contributed by atoms with Gasteiger partial charge in [0.15, 0.2) is 11.0 Å². The average Bonchev–Trinajstić information content (AvgIpc) is 3.49. The second kappa shape index (κ2) is 9.18. The molecule has 0 aliphatic heterocycles. The van der Waals surface area contributed by atoms with E-state index in [-0.39, 0.29) is 5.82 Å². The van der Waals surface area contributed by atoms with E-state index in [9.17, 15) is 4.39 Å². The van der Waals surface area contributed by atoms with Crippen molar-refractivity contribution in [2.45, 2.75) is 31.7 Å². The van der Waals surface area contributed by atoms with Crippen LogP contribution in [0.25, 0.3) is 28.5 Å². The minimum atomic E-state index is -0.302. The van der Waals surface area contributed by atoms with Crippen molar-refractivity contribution in [3.8, 4) is 28.5 Å². The Morgan fingerprint density at radius 3 is 2.44 bits per heavy atom. The zero-order valence-corrected chi connectivity index (χ0v) is 19.7. The maximum absolute atomic E-state index is 13.9. The highest BCUT2D eigenvalue weighted by Gasteiger charge is 2.18. The Morgan fingerprint density at radius 1 is 0.882 bits per heavy atom. The van der Waals surface area contributed by atoms with Gasteiger partial charge in [0.25, 0.3) is 0 Å². The number of pyridine rings is 1. The number of hydrogen-bond donors (Lipinski definition) is 0. The normalized spacial score (nSPS) is 11.2. The van der Waals surface area contributed by atoms with Crippen LogP contribution in [0, 0.1) is 26.6 Å². The molecule has 0 aliphatic rings. The molecule has 7 nitrogen and oxygen atoms in total. The summed E-state index contributed by atoms with van der Waals surface area (Å²) < 4.78 is 21.4. The van der Waals surface area contributed by atoms with Gasteiger partial charge in [-0.25, -0.2) is 4.39 Å². The summed E-state index contributed by atoms with van der Waals surface area (Å²) in [6.07, 6.45) is 3.46. The van der Waals surface area contributed by atoms with Gasteiger partial charge in [-0.2, -0.15) is 4.98 Å². The van der Waals surface area contributed by atoms with Gasteiger partial charge in [-0.1, -0.05) is 35.1 Å². The second-order valence-electron chi connectivity index (χ2n) is 7.91. The molecule has 0 N–H and O–H groups in total. The maximum atomic E-state index is 13.9. The predicted octanol–water partition coefficient (Wildman–Crippen LogP) is 5.74. The molecule has 2 aromatic carbocycles. The highest BCUT2D eigenvalue weighted by Crippen LogP contribution is 2.30. The van der Waals surface area contributed by atoms with Crippen molar-refractivity contribution >= 4 is 11.8 Å². The smallest absolute Gasteiger partial charge is 0.237 e. The van der Waals surface area contributed by atoms with Crippen molar-refractivity contribution in [3.05, 3.63) is 89.3 Å². The zero-order valence-electron chi connectivity index (χ0n) is 18.9. The van der Waals surface area contributed by atoms with Gasteiger partial charge in [-0.15, -0.1) is 10.2 Å². The van der Waals surface area contributed by atoms with Crippen LogP contribution in [-0.4, -0.2) is 29.9 Å². The van der Waals surface area contributed by atoms with Crippen molar-refractivity contribution in [1.82, 2.24) is 29.9 Å². The number of aromatic nitrogens is 6. The Labute approximate surface area is 200 Å². The summed E-state index contributed by atoms with van der Waals surface area (Å²) in [5, 5.41) is 13.6. The number of benzene rings is 2. The molecular formula is C25H21FN6OS. The number of halogens is 1. The third-order valence-corrected chi connectivity index (χ3v) is 6.46. The van der Waals surface area contributed by atoms with Crippen LogP contribution >= 0.6 is 11.8 Å². The lowest BCUT2D eigenvalue weighted by Crippen LogP contribution is -2.01. The first-order valence-electron chi connectivity index (χ1n) is 10.6. The molecule has 0 radical (unpaired) electrons. The van der Waals surface area contributed by atoms with E-state index in [1.807, 2.05) is 16.7 Å². The van der Waals surface area contributed by atoms with Crippen LogP contribution in [0.3, 0.4) is 0 Å². The molecule has 0 atom stereocenters. The summed E-state index contributed by atoms with van der Waals surface area (Å²) in [5.41, 5.74) is 5.40. The monoisotopic (exact) mass is 472 g/mol. The van der Waals surface area contributed by atoms with Crippen LogP contribution < -0.4 is 0 Å². The van der Waals surface area contributed by atoms with Gasteiger partial charge in [-0.05, 0) is 67.8 Å². The highest BCUT2D eigenvalue weighted by molar-refractivity contribution is 7.98. The molecule has 0 saturated carbocycles. The lowest BCUT2D eigenvalue weighted by atomic mass is 10.1. The minimum Gasteiger partial charge on any atom is -0.338 e. The highest BCUT2D eigenvalue weighted by atomic mass is 32.2. The molecule has 170 valence electrons. The van der Waals surface area contributed by atoms with Crippen molar-refractivity contribution < 1.29 is 8.91 Å². The average molecular weight is 473 g/mol. The summed E-state index contributed by atoms with van der Waals surface area (Å²) in [4.78, 5) is 8.53. The fraction of sp³-hybridized carbons (Fsp3) is 0.160. The molecule has 0 aliphatic carbocycles. The van der Waals surface area contributed by atoms with Crippen molar-refractivity contribution in [2.24, 2.45) is 0 Å². The van der Waals surface area contributed by atoms with E-state index in [0.717, 1.165) is 17.1 Å². The number of nitrogens with zero attached hydrogens (tertiary/aromatic N) is 6. The van der Waals surface area contributed by atoms with Crippen LogP contribution in [0.1, 0.15) is 22.6 Å². The zero-order chi connectivity index (χ0) is 23.7. The van der Waals surface area contributed by atoms with Crippen molar-refractivity contribution in [2.75, 3.05) is 0 Å². The minimum absolute atomic E-state index is 0.302. The van der Waals surface area contributed by atoms with E-state index in [1.54, 1.807) is 31.5 Å². The van der Waals surface area contributed by atoms with Crippen LogP contribution in [0.2, 0.25) is 0 Å². The molecule has 9 heteroatoms. The first-order chi connectivity index (χ1) is 16.5. The van der Waals surface area contributed by atoms with E-state index < -0.39 is 0 Å². The van der Waals surface area contributed by atoms with E-state index in [4.69, 9.17) is 4.52 Å². The third kappa shape index (κ3) is 4.34. The van der Waals surface area contributed by atoms with Gasteiger partial charge < -0.3 is 4.52 Å². The Hall–Kier alpha value is -3.85. The molecule has 0 bridgehead atoms. The van der Waals surface area contributed by atoms with Gasteiger partial charge in [-0.3, -0.25) is 9.55 Å². The van der Waals surface area contributed by atoms with E-state index in [2.05, 4.69) is 57.4 Å². The van der Waals surface area contributed by atoms with Gasteiger partial charge >= 0.3 is 0 Å². The number of aryl methyl sites for hydroxylation is 3. The molecule has 0 saturated heterocycles. The molecule has 3 heterocycles. The van der Waals surface area contributed by atoms with Gasteiger partial charge in [0.1, 0.15) is 5.82 Å². The number of hydrogen-bond acceptors (Lipinski definition) is 7. The SMILES string of the molecule is Cc1ccc(-n2c(SCc3nc(-c4ccc(C)c(F)c4)no3)nnc2-c2ccncc2)cc1C. The fourth-order valence-electron chi connectivity index (χ4n) is 3.44. The molecule has 5 aromatic rings. The van der Waals surface area contributed by atoms with Crippen LogP contribution in [0.5, 0.6) is 0 Å². The lowest BCUT2D eigenvalue weighted by molar-refractivity contribution is 0.391. The van der Waals surface area contributed by atoms with E-state index in [0.29, 0.717) is 33.8 Å². The molecular weight excluding hydrogens is 451 g/mol. The Morgan fingerprint density at radius 2 is 1.68 bits per heavy atom. The Kier molecular flexibility index (Phi) is 5.93. The summed E-state index contributed by atoms with van der Waals surface area (Å²) in [7, 11) is 0. The summed E-state index contributed by atoms with van der Waals surface area (Å²) in [6.45, 7) is 5.87. The first-order valence-corrected chi connectivity index (χ1v) is 11.6. The maximum Gasteiger partial charge on any atom is 0.237 e. The first kappa shape index (κ1) is 22.0. The van der Waals surface area contributed by atoms with E-state index in [1.165, 1.54) is 29.0 Å². The molecule has 0 spiro atoms. The molecule has 0 fully saturated rings. The van der Waals surface area contributed by atoms with Gasteiger partial charge in [0.2, 0.25) is 11.7 Å². The number of thioether (sulfide) groups is 1. The van der Waals surface area contributed by atoms with Crippen LogP contribution in [-0.2, 0) is 5.75 Å². The molecule has 0 unspecified atom stereocenters. The molecule has 0 amide bonds. The fourth-order valence-corrected chi connectivity index (χ4v) is 4.23. The quantitative estimate of drug-likeness (QED) is 0.292. The van der Waals surface area contributed by atoms with Crippen LogP contribution in [0.15, 0.2) is 70.6 Å². The van der Waals surface area contributed by atoms with Gasteiger partial charge in [0, 0.05) is 23.5 Å². The molecule has 3 aromatic heterocycles. The summed E-state index contributed by atoms with van der Waals surface area (Å²) in [6, 6.07) is 14.9. The van der Waals surface area contributed by atoms with Crippen molar-refractivity contribution in [3.63, 3.8) is 0 Å². The largest absolute Gasteiger partial charge is 0.338 e. The summed E-state index contributed by atoms with van der Waals surface area (Å²) in [5.74, 6) is 1.57. The Balaban J connectivity index is 1.45. The summed E-state index contributed by atoms with van der Waals surface area (Å²) >= 11 is 1.44. The van der Waals surface area contributed by atoms with Crippen molar-refractivity contribution in [1.29, 1.82) is 0 Å². The van der Waals surface area contributed by atoms with E-state index >= 15 is 0 Å².